The third-order valence-corrected chi connectivity index (χ3v) is 2.44. The molecule has 1 rings (SSSR count). The van der Waals surface area contributed by atoms with E-state index in [1.165, 1.54) is 0 Å². The van der Waals surface area contributed by atoms with Gasteiger partial charge in [-0.3, -0.25) is 4.79 Å². The van der Waals surface area contributed by atoms with Crippen molar-refractivity contribution in [2.75, 3.05) is 13.2 Å². The highest BCUT2D eigenvalue weighted by Gasteiger charge is 2.30. The van der Waals surface area contributed by atoms with Crippen LogP contribution in [-0.2, 0) is 9.53 Å². The average Bonchev–Trinajstić information content (AvgIpc) is 2.59. The highest BCUT2D eigenvalue weighted by atomic mass is 16.5. The third-order valence-electron chi connectivity index (χ3n) is 2.44. The Bertz CT molecular complexity index is 252. The molecule has 0 aliphatic carbocycles. The first kappa shape index (κ1) is 11.1. The molecule has 2 unspecified atom stereocenters. The van der Waals surface area contributed by atoms with Gasteiger partial charge >= 0.3 is 0 Å². The van der Waals surface area contributed by atoms with Gasteiger partial charge in [0.2, 0.25) is 5.91 Å². The van der Waals surface area contributed by atoms with Gasteiger partial charge in [-0.25, -0.2) is 0 Å². The van der Waals surface area contributed by atoms with Crippen LogP contribution in [0.2, 0.25) is 0 Å². The van der Waals surface area contributed by atoms with Gasteiger partial charge in [0, 0.05) is 19.6 Å². The fraction of sp³-hybridized carbons (Fsp3) is 0.727. The summed E-state index contributed by atoms with van der Waals surface area (Å²) in [7, 11) is 0. The van der Waals surface area contributed by atoms with Crippen molar-refractivity contribution < 1.29 is 9.53 Å². The number of rotatable bonds is 3. The summed E-state index contributed by atoms with van der Waals surface area (Å²) < 4.78 is 5.33. The lowest BCUT2D eigenvalue weighted by Crippen LogP contribution is -2.34. The molecule has 1 fully saturated rings. The monoisotopic (exact) mass is 195 g/mol. The predicted molar refractivity (Wildman–Crippen MR) is 54.6 cm³/mol. The molecule has 78 valence electrons. The number of ether oxygens (including phenoxy) is 1. The van der Waals surface area contributed by atoms with E-state index < -0.39 is 0 Å². The van der Waals surface area contributed by atoms with Gasteiger partial charge in [-0.05, 0) is 20.3 Å². The van der Waals surface area contributed by atoms with Gasteiger partial charge in [0.25, 0.3) is 0 Å². The van der Waals surface area contributed by atoms with Gasteiger partial charge in [-0.2, -0.15) is 0 Å². The molecule has 1 amide bonds. The minimum absolute atomic E-state index is 0.0320. The molecule has 2 atom stereocenters. The van der Waals surface area contributed by atoms with Crippen LogP contribution >= 0.6 is 0 Å². The average molecular weight is 195 g/mol. The number of hydrogen-bond acceptors (Lipinski definition) is 2. The second kappa shape index (κ2) is 5.66. The van der Waals surface area contributed by atoms with Gasteiger partial charge in [-0.1, -0.05) is 0 Å². The lowest BCUT2D eigenvalue weighted by Gasteiger charge is -2.13. The van der Waals surface area contributed by atoms with Crippen molar-refractivity contribution in [1.82, 2.24) is 5.32 Å². The van der Waals surface area contributed by atoms with Gasteiger partial charge in [-0.15, -0.1) is 11.8 Å². The maximum Gasteiger partial charge on any atom is 0.225 e. The Hall–Kier alpha value is -1.01. The van der Waals surface area contributed by atoms with Crippen molar-refractivity contribution in [1.29, 1.82) is 0 Å². The molecule has 0 aromatic rings. The summed E-state index contributed by atoms with van der Waals surface area (Å²) >= 11 is 0. The fourth-order valence-electron chi connectivity index (χ4n) is 1.58. The Balaban J connectivity index is 2.23. The number of hydrogen-bond donors (Lipinski definition) is 1. The van der Waals surface area contributed by atoms with E-state index in [0.717, 1.165) is 12.8 Å². The van der Waals surface area contributed by atoms with Crippen LogP contribution in [0.3, 0.4) is 0 Å². The van der Waals surface area contributed by atoms with E-state index in [1.807, 2.05) is 6.92 Å². The minimum Gasteiger partial charge on any atom is -0.378 e. The molecule has 0 spiro atoms. The van der Waals surface area contributed by atoms with Crippen LogP contribution in [0.4, 0.5) is 0 Å². The maximum absolute atomic E-state index is 11.6. The van der Waals surface area contributed by atoms with E-state index in [-0.39, 0.29) is 17.9 Å². The highest BCUT2D eigenvalue weighted by Crippen LogP contribution is 2.20. The molecule has 1 N–H and O–H groups in total. The largest absolute Gasteiger partial charge is 0.378 e. The summed E-state index contributed by atoms with van der Waals surface area (Å²) in [6.07, 6.45) is 1.63. The summed E-state index contributed by atoms with van der Waals surface area (Å²) in [5.41, 5.74) is 0. The van der Waals surface area contributed by atoms with E-state index in [0.29, 0.717) is 13.2 Å². The van der Waals surface area contributed by atoms with E-state index in [1.54, 1.807) is 6.92 Å². The Kier molecular flexibility index (Phi) is 4.48. The van der Waals surface area contributed by atoms with Crippen LogP contribution in [0.5, 0.6) is 0 Å². The molecule has 0 bridgehead atoms. The molecule has 0 radical (unpaired) electrons. The Morgan fingerprint density at radius 2 is 2.43 bits per heavy atom. The zero-order valence-electron chi connectivity index (χ0n) is 8.80. The van der Waals surface area contributed by atoms with E-state index in [9.17, 15) is 4.79 Å². The predicted octanol–water partition coefficient (Wildman–Crippen LogP) is 0.941. The van der Waals surface area contributed by atoms with E-state index in [2.05, 4.69) is 17.2 Å². The zero-order chi connectivity index (χ0) is 10.4. The van der Waals surface area contributed by atoms with Crippen LogP contribution in [-0.4, -0.2) is 25.2 Å². The van der Waals surface area contributed by atoms with Crippen molar-refractivity contribution in [3.63, 3.8) is 0 Å². The summed E-state index contributed by atoms with van der Waals surface area (Å²) in [6.45, 7) is 5.09. The summed E-state index contributed by atoms with van der Waals surface area (Å²) in [5.74, 6) is 5.84. The highest BCUT2D eigenvalue weighted by molar-refractivity contribution is 5.79. The van der Waals surface area contributed by atoms with Gasteiger partial charge in [0.1, 0.15) is 0 Å². The van der Waals surface area contributed by atoms with Crippen LogP contribution < -0.4 is 5.32 Å². The van der Waals surface area contributed by atoms with E-state index >= 15 is 0 Å². The van der Waals surface area contributed by atoms with Gasteiger partial charge in [0.15, 0.2) is 0 Å². The Morgan fingerprint density at radius 1 is 1.64 bits per heavy atom. The quantitative estimate of drug-likeness (QED) is 0.537. The first-order chi connectivity index (χ1) is 6.75. The van der Waals surface area contributed by atoms with Crippen LogP contribution in [0, 0.1) is 17.8 Å². The Labute approximate surface area is 85.2 Å². The second-order valence-corrected chi connectivity index (χ2v) is 3.44. The molecule has 1 aliphatic rings. The normalized spacial score (nSPS) is 25.3. The summed E-state index contributed by atoms with van der Waals surface area (Å²) in [6, 6.07) is 0. The zero-order valence-corrected chi connectivity index (χ0v) is 8.80. The first-order valence-electron chi connectivity index (χ1n) is 5.04. The number of carbonyl (C=O) groups excluding carboxylic acids is 1. The molecule has 1 aliphatic heterocycles. The van der Waals surface area contributed by atoms with Crippen molar-refractivity contribution in [3.8, 4) is 11.8 Å². The molecule has 0 saturated carbocycles. The molecule has 0 aromatic heterocycles. The lowest BCUT2D eigenvalue weighted by atomic mass is 10.0. The molecule has 14 heavy (non-hydrogen) atoms. The van der Waals surface area contributed by atoms with Crippen molar-refractivity contribution in [2.45, 2.75) is 32.8 Å². The standard InChI is InChI=1S/C11H17NO2/c1-3-4-5-7-12-11(13)10-6-8-14-9(10)2/h9-10H,5-8H2,1-2H3,(H,12,13). The summed E-state index contributed by atoms with van der Waals surface area (Å²) in [5, 5.41) is 2.87. The van der Waals surface area contributed by atoms with Gasteiger partial charge < -0.3 is 10.1 Å². The number of nitrogens with one attached hydrogen (secondary N) is 1. The molecular formula is C11H17NO2. The minimum atomic E-state index is 0.0320. The summed E-state index contributed by atoms with van der Waals surface area (Å²) in [4.78, 5) is 11.6. The second-order valence-electron chi connectivity index (χ2n) is 3.44. The molecule has 3 nitrogen and oxygen atoms in total. The van der Waals surface area contributed by atoms with E-state index in [4.69, 9.17) is 4.74 Å². The van der Waals surface area contributed by atoms with Crippen molar-refractivity contribution >= 4 is 5.91 Å². The number of amides is 1. The Morgan fingerprint density at radius 3 is 3.00 bits per heavy atom. The third kappa shape index (κ3) is 3.04. The smallest absolute Gasteiger partial charge is 0.225 e. The van der Waals surface area contributed by atoms with Crippen LogP contribution in [0.15, 0.2) is 0 Å². The lowest BCUT2D eigenvalue weighted by molar-refractivity contribution is -0.126. The number of carbonyl (C=O) groups is 1. The van der Waals surface area contributed by atoms with Crippen molar-refractivity contribution in [3.05, 3.63) is 0 Å². The van der Waals surface area contributed by atoms with Crippen molar-refractivity contribution in [2.24, 2.45) is 5.92 Å². The SMILES string of the molecule is CC#CCCNC(=O)C1CCOC1C. The van der Waals surface area contributed by atoms with Crippen LogP contribution in [0.25, 0.3) is 0 Å². The fourth-order valence-corrected chi connectivity index (χ4v) is 1.58. The topological polar surface area (TPSA) is 38.3 Å². The van der Waals surface area contributed by atoms with Gasteiger partial charge in [0.05, 0.1) is 12.0 Å². The molecular weight excluding hydrogens is 178 g/mol. The molecule has 0 aromatic carbocycles. The first-order valence-corrected chi connectivity index (χ1v) is 5.04. The maximum atomic E-state index is 11.6. The molecule has 3 heteroatoms. The molecule has 1 heterocycles. The van der Waals surface area contributed by atoms with Crippen LogP contribution in [0.1, 0.15) is 26.7 Å². The molecule has 1 saturated heterocycles.